The van der Waals surface area contributed by atoms with Gasteiger partial charge in [0, 0.05) is 25.4 Å². The summed E-state index contributed by atoms with van der Waals surface area (Å²) in [7, 11) is 0. The summed E-state index contributed by atoms with van der Waals surface area (Å²) in [5.41, 5.74) is 0.444. The van der Waals surface area contributed by atoms with Gasteiger partial charge >= 0.3 is 0 Å². The standard InChI is InChI=1S/C13H16Cl2N2O2/c14-11-7-9(8-16-12(11)15)13(19)17-5-2-1-3-10(17)4-6-18/h7-8,10,18H,1-6H2. The van der Waals surface area contributed by atoms with Gasteiger partial charge in [-0.1, -0.05) is 23.2 Å². The Kier molecular flexibility index (Phi) is 5.02. The first-order valence-electron chi connectivity index (χ1n) is 6.36. The van der Waals surface area contributed by atoms with E-state index in [2.05, 4.69) is 4.98 Å². The van der Waals surface area contributed by atoms with E-state index in [9.17, 15) is 4.79 Å². The quantitative estimate of drug-likeness (QED) is 0.874. The topological polar surface area (TPSA) is 53.4 Å². The second-order valence-electron chi connectivity index (χ2n) is 4.66. The number of carbonyl (C=O) groups excluding carboxylic acids is 1. The van der Waals surface area contributed by atoms with Crippen LogP contribution in [0.25, 0.3) is 0 Å². The van der Waals surface area contributed by atoms with Gasteiger partial charge in [0.05, 0.1) is 10.6 Å². The molecule has 0 aliphatic carbocycles. The van der Waals surface area contributed by atoms with Crippen LogP contribution in [0.3, 0.4) is 0 Å². The summed E-state index contributed by atoms with van der Waals surface area (Å²) < 4.78 is 0. The third-order valence-electron chi connectivity index (χ3n) is 3.39. The molecule has 2 rings (SSSR count). The summed E-state index contributed by atoms with van der Waals surface area (Å²) in [6.45, 7) is 0.803. The number of nitrogens with zero attached hydrogens (tertiary/aromatic N) is 2. The number of rotatable bonds is 3. The highest BCUT2D eigenvalue weighted by Gasteiger charge is 2.27. The summed E-state index contributed by atoms with van der Waals surface area (Å²) in [5.74, 6) is -0.0933. The molecule has 1 aromatic rings. The second-order valence-corrected chi connectivity index (χ2v) is 5.42. The van der Waals surface area contributed by atoms with Crippen LogP contribution in [0.15, 0.2) is 12.3 Å². The Morgan fingerprint density at radius 1 is 1.47 bits per heavy atom. The number of piperidine rings is 1. The number of hydrogen-bond donors (Lipinski definition) is 1. The molecule has 1 N–H and O–H groups in total. The molecular formula is C13H16Cl2N2O2. The predicted octanol–water partition coefficient (Wildman–Crippen LogP) is 2.77. The fourth-order valence-electron chi connectivity index (χ4n) is 2.42. The van der Waals surface area contributed by atoms with Crippen molar-refractivity contribution in [3.63, 3.8) is 0 Å². The van der Waals surface area contributed by atoms with E-state index in [-0.39, 0.29) is 28.7 Å². The molecule has 19 heavy (non-hydrogen) atoms. The maximum absolute atomic E-state index is 12.5. The van der Waals surface area contributed by atoms with Gasteiger partial charge in [0.25, 0.3) is 5.91 Å². The summed E-state index contributed by atoms with van der Waals surface area (Å²) in [6.07, 6.45) is 5.07. The lowest BCUT2D eigenvalue weighted by atomic mass is 9.99. The van der Waals surface area contributed by atoms with E-state index in [1.54, 1.807) is 11.0 Å². The fraction of sp³-hybridized carbons (Fsp3) is 0.538. The number of aromatic nitrogens is 1. The Hall–Kier alpha value is -0.840. The molecule has 0 radical (unpaired) electrons. The minimum atomic E-state index is -0.0933. The number of likely N-dealkylation sites (tertiary alicyclic amines) is 1. The summed E-state index contributed by atoms with van der Waals surface area (Å²) in [4.78, 5) is 18.2. The van der Waals surface area contributed by atoms with Crippen molar-refractivity contribution < 1.29 is 9.90 Å². The highest BCUT2D eigenvalue weighted by molar-refractivity contribution is 6.41. The third kappa shape index (κ3) is 3.38. The summed E-state index contributed by atoms with van der Waals surface area (Å²) in [5, 5.41) is 9.56. The highest BCUT2D eigenvalue weighted by Crippen LogP contribution is 2.24. The Bertz CT molecular complexity index is 466. The van der Waals surface area contributed by atoms with E-state index in [1.165, 1.54) is 6.20 Å². The molecule has 0 bridgehead atoms. The summed E-state index contributed by atoms with van der Waals surface area (Å²) >= 11 is 11.6. The van der Waals surface area contributed by atoms with Gasteiger partial charge in [0.15, 0.2) is 0 Å². The fourth-order valence-corrected chi connectivity index (χ4v) is 2.69. The molecule has 1 saturated heterocycles. The van der Waals surface area contributed by atoms with Gasteiger partial charge in [-0.3, -0.25) is 4.79 Å². The van der Waals surface area contributed by atoms with E-state index in [0.29, 0.717) is 18.5 Å². The van der Waals surface area contributed by atoms with Crippen LogP contribution >= 0.6 is 23.2 Å². The Morgan fingerprint density at radius 3 is 2.95 bits per heavy atom. The lowest BCUT2D eigenvalue weighted by Crippen LogP contribution is -2.44. The molecule has 1 atom stereocenters. The predicted molar refractivity (Wildman–Crippen MR) is 74.6 cm³/mol. The zero-order valence-electron chi connectivity index (χ0n) is 10.5. The van der Waals surface area contributed by atoms with Crippen molar-refractivity contribution >= 4 is 29.1 Å². The van der Waals surface area contributed by atoms with Crippen molar-refractivity contribution in [2.45, 2.75) is 31.7 Å². The first kappa shape index (κ1) is 14.6. The van der Waals surface area contributed by atoms with Crippen molar-refractivity contribution in [3.05, 3.63) is 28.0 Å². The number of halogens is 2. The van der Waals surface area contributed by atoms with Crippen molar-refractivity contribution in [2.24, 2.45) is 0 Å². The Morgan fingerprint density at radius 2 is 2.26 bits per heavy atom. The van der Waals surface area contributed by atoms with Gasteiger partial charge in [-0.2, -0.15) is 0 Å². The maximum Gasteiger partial charge on any atom is 0.255 e. The van der Waals surface area contributed by atoms with E-state index < -0.39 is 0 Å². The van der Waals surface area contributed by atoms with Crippen molar-refractivity contribution in [1.82, 2.24) is 9.88 Å². The molecular weight excluding hydrogens is 287 g/mol. The molecule has 1 aliphatic rings. The van der Waals surface area contributed by atoms with E-state index in [1.807, 2.05) is 0 Å². The smallest absolute Gasteiger partial charge is 0.255 e. The first-order chi connectivity index (χ1) is 9.13. The van der Waals surface area contributed by atoms with Crippen molar-refractivity contribution in [2.75, 3.05) is 13.2 Å². The molecule has 104 valence electrons. The van der Waals surface area contributed by atoms with Crippen LogP contribution in [-0.4, -0.2) is 40.1 Å². The van der Waals surface area contributed by atoms with Gasteiger partial charge < -0.3 is 10.0 Å². The van der Waals surface area contributed by atoms with E-state index >= 15 is 0 Å². The SMILES string of the molecule is O=C(c1cnc(Cl)c(Cl)c1)N1CCCCC1CCO. The van der Waals surface area contributed by atoms with Crippen LogP contribution in [0.5, 0.6) is 0 Å². The van der Waals surface area contributed by atoms with Gasteiger partial charge in [-0.25, -0.2) is 4.98 Å². The van der Waals surface area contributed by atoms with Crippen LogP contribution in [-0.2, 0) is 0 Å². The van der Waals surface area contributed by atoms with Crippen LogP contribution in [0.4, 0.5) is 0 Å². The minimum Gasteiger partial charge on any atom is -0.396 e. The van der Waals surface area contributed by atoms with Gasteiger partial charge in [0.1, 0.15) is 5.15 Å². The molecule has 6 heteroatoms. The number of pyridine rings is 1. The molecule has 1 aromatic heterocycles. The average Bonchev–Trinajstić information content (AvgIpc) is 2.42. The zero-order chi connectivity index (χ0) is 13.8. The van der Waals surface area contributed by atoms with Crippen LogP contribution in [0, 0.1) is 0 Å². The lowest BCUT2D eigenvalue weighted by Gasteiger charge is -2.35. The number of aliphatic hydroxyl groups is 1. The second kappa shape index (κ2) is 6.55. The average molecular weight is 303 g/mol. The third-order valence-corrected chi connectivity index (χ3v) is 4.08. The number of aliphatic hydroxyl groups excluding tert-OH is 1. The molecule has 4 nitrogen and oxygen atoms in total. The van der Waals surface area contributed by atoms with Crippen molar-refractivity contribution in [1.29, 1.82) is 0 Å². The molecule has 1 fully saturated rings. The van der Waals surface area contributed by atoms with Crippen LogP contribution in [0.2, 0.25) is 10.2 Å². The number of carbonyl (C=O) groups is 1. The van der Waals surface area contributed by atoms with Crippen LogP contribution in [0.1, 0.15) is 36.0 Å². The maximum atomic E-state index is 12.5. The molecule has 0 saturated carbocycles. The highest BCUT2D eigenvalue weighted by atomic mass is 35.5. The first-order valence-corrected chi connectivity index (χ1v) is 7.12. The number of amides is 1. The molecule has 0 spiro atoms. The molecule has 1 aliphatic heterocycles. The van der Waals surface area contributed by atoms with Gasteiger partial charge in [-0.05, 0) is 31.7 Å². The Labute approximate surface area is 122 Å². The molecule has 2 heterocycles. The normalized spacial score (nSPS) is 19.5. The van der Waals surface area contributed by atoms with Crippen LogP contribution < -0.4 is 0 Å². The Balaban J connectivity index is 2.18. The largest absolute Gasteiger partial charge is 0.396 e. The zero-order valence-corrected chi connectivity index (χ0v) is 12.0. The lowest BCUT2D eigenvalue weighted by molar-refractivity contribution is 0.0574. The minimum absolute atomic E-state index is 0.0913. The molecule has 1 amide bonds. The summed E-state index contributed by atoms with van der Waals surface area (Å²) in [6, 6.07) is 1.64. The monoisotopic (exact) mass is 302 g/mol. The number of hydrogen-bond acceptors (Lipinski definition) is 3. The molecule has 0 aromatic carbocycles. The van der Waals surface area contributed by atoms with Gasteiger partial charge in [-0.15, -0.1) is 0 Å². The van der Waals surface area contributed by atoms with Crippen molar-refractivity contribution in [3.8, 4) is 0 Å². The van der Waals surface area contributed by atoms with Gasteiger partial charge in [0.2, 0.25) is 0 Å². The van der Waals surface area contributed by atoms with E-state index in [4.69, 9.17) is 28.3 Å². The van der Waals surface area contributed by atoms with E-state index in [0.717, 1.165) is 19.3 Å². The molecule has 1 unspecified atom stereocenters.